The Balaban J connectivity index is 0.00000162. The minimum absolute atomic E-state index is 0. The molecule has 1 fully saturated rings. The van der Waals surface area contributed by atoms with Crippen molar-refractivity contribution in [3.05, 3.63) is 0 Å². The summed E-state index contributed by atoms with van der Waals surface area (Å²) in [4.78, 5) is 12.6. The molecule has 2 heterocycles. The van der Waals surface area contributed by atoms with Crippen molar-refractivity contribution in [3.63, 3.8) is 0 Å². The first-order valence-electron chi connectivity index (χ1n) is 5.45. The standard InChI is InChI=1S/C10H17N4O3.BrH/c1-14(4-6-17-7-5-14)8-11-9(15-2)13-10(12-8)16-3;/h4-7H2,1-3H3;1H/q+1;/p-1. The molecule has 7 nitrogen and oxygen atoms in total. The largest absolute Gasteiger partial charge is 1.00 e. The Bertz CT molecular complexity index is 376. The monoisotopic (exact) mass is 320 g/mol. The van der Waals surface area contributed by atoms with E-state index in [4.69, 9.17) is 14.2 Å². The maximum Gasteiger partial charge on any atom is 0.338 e. The number of hydrogen-bond donors (Lipinski definition) is 0. The SMILES string of the molecule is COc1nc(OC)nc([N+]2(C)CCOCC2)n1.[Br-]. The Morgan fingerprint density at radius 2 is 1.50 bits per heavy atom. The van der Waals surface area contributed by atoms with E-state index in [9.17, 15) is 0 Å². The van der Waals surface area contributed by atoms with Gasteiger partial charge in [0.05, 0.1) is 34.5 Å². The van der Waals surface area contributed by atoms with E-state index in [1.165, 1.54) is 14.2 Å². The molecule has 18 heavy (non-hydrogen) atoms. The van der Waals surface area contributed by atoms with Crippen LogP contribution in [0.5, 0.6) is 12.0 Å². The van der Waals surface area contributed by atoms with Crippen molar-refractivity contribution in [1.82, 2.24) is 19.4 Å². The topological polar surface area (TPSA) is 66.4 Å². The van der Waals surface area contributed by atoms with Gasteiger partial charge in [-0.3, -0.25) is 4.48 Å². The van der Waals surface area contributed by atoms with E-state index in [0.717, 1.165) is 13.1 Å². The van der Waals surface area contributed by atoms with Crippen molar-refractivity contribution in [2.24, 2.45) is 0 Å². The van der Waals surface area contributed by atoms with Crippen molar-refractivity contribution in [2.75, 3.05) is 47.6 Å². The van der Waals surface area contributed by atoms with Gasteiger partial charge in [-0.1, -0.05) is 0 Å². The van der Waals surface area contributed by atoms with Gasteiger partial charge >= 0.3 is 18.0 Å². The van der Waals surface area contributed by atoms with Gasteiger partial charge in [0.15, 0.2) is 0 Å². The fourth-order valence-electron chi connectivity index (χ4n) is 1.70. The lowest BCUT2D eigenvalue weighted by molar-refractivity contribution is -0.00000655. The molecule has 0 radical (unpaired) electrons. The molecule has 1 aromatic heterocycles. The first-order chi connectivity index (χ1) is 8.18. The minimum atomic E-state index is 0. The Labute approximate surface area is 116 Å². The summed E-state index contributed by atoms with van der Waals surface area (Å²) in [5, 5.41) is 0. The fourth-order valence-corrected chi connectivity index (χ4v) is 1.70. The highest BCUT2D eigenvalue weighted by Crippen LogP contribution is 2.22. The van der Waals surface area contributed by atoms with Crippen molar-refractivity contribution in [2.45, 2.75) is 0 Å². The lowest BCUT2D eigenvalue weighted by Crippen LogP contribution is -3.00. The number of nitrogens with zero attached hydrogens (tertiary/aromatic N) is 4. The van der Waals surface area contributed by atoms with E-state index in [0.29, 0.717) is 23.6 Å². The number of rotatable bonds is 3. The van der Waals surface area contributed by atoms with Crippen LogP contribution >= 0.6 is 0 Å². The third kappa shape index (κ3) is 3.06. The molecule has 0 atom stereocenters. The normalized spacial score (nSPS) is 17.7. The number of morpholine rings is 1. The Morgan fingerprint density at radius 1 is 1.00 bits per heavy atom. The second kappa shape index (κ2) is 6.26. The third-order valence-corrected chi connectivity index (χ3v) is 2.89. The second-order valence-corrected chi connectivity index (χ2v) is 4.06. The maximum atomic E-state index is 5.35. The summed E-state index contributed by atoms with van der Waals surface area (Å²) in [6, 6.07) is 0.551. The number of quaternary nitrogens is 1. The van der Waals surface area contributed by atoms with Gasteiger partial charge in [-0.2, -0.15) is 0 Å². The van der Waals surface area contributed by atoms with Crippen LogP contribution in [-0.2, 0) is 4.74 Å². The molecule has 2 rings (SSSR count). The van der Waals surface area contributed by atoms with Crippen molar-refractivity contribution >= 4 is 5.95 Å². The molecule has 0 aromatic carbocycles. The third-order valence-electron chi connectivity index (χ3n) is 2.89. The van der Waals surface area contributed by atoms with Gasteiger partial charge in [0.25, 0.3) is 0 Å². The first kappa shape index (κ1) is 15.1. The van der Waals surface area contributed by atoms with Gasteiger partial charge in [-0.15, -0.1) is 15.0 Å². The highest BCUT2D eigenvalue weighted by molar-refractivity contribution is 5.27. The fraction of sp³-hybridized carbons (Fsp3) is 0.700. The van der Waals surface area contributed by atoms with E-state index in [1.54, 1.807) is 0 Å². The molecular weight excluding hydrogens is 304 g/mol. The van der Waals surface area contributed by atoms with Crippen LogP contribution < -0.4 is 30.9 Å². The van der Waals surface area contributed by atoms with Crippen LogP contribution in [0.1, 0.15) is 0 Å². The second-order valence-electron chi connectivity index (χ2n) is 4.06. The number of hydrogen-bond acceptors (Lipinski definition) is 6. The summed E-state index contributed by atoms with van der Waals surface area (Å²) in [5.41, 5.74) is 0. The smallest absolute Gasteiger partial charge is 0.338 e. The van der Waals surface area contributed by atoms with Crippen LogP contribution in [0, 0.1) is 0 Å². The Hall–Kier alpha value is -0.990. The summed E-state index contributed by atoms with van der Waals surface area (Å²) in [6.45, 7) is 3.06. The minimum Gasteiger partial charge on any atom is -1.00 e. The molecule has 1 aliphatic rings. The quantitative estimate of drug-likeness (QED) is 0.548. The van der Waals surface area contributed by atoms with E-state index < -0.39 is 0 Å². The van der Waals surface area contributed by atoms with Gasteiger partial charge in [0.2, 0.25) is 0 Å². The molecule has 1 saturated heterocycles. The molecular formula is C10H17BrN4O3. The molecule has 8 heteroatoms. The number of methoxy groups -OCH3 is 2. The molecule has 0 N–H and O–H groups in total. The van der Waals surface area contributed by atoms with Crippen LogP contribution in [0.3, 0.4) is 0 Å². The van der Waals surface area contributed by atoms with Crippen LogP contribution in [0.25, 0.3) is 0 Å². The summed E-state index contributed by atoms with van der Waals surface area (Å²) in [6.07, 6.45) is 0. The molecule has 0 spiro atoms. The highest BCUT2D eigenvalue weighted by Gasteiger charge is 2.32. The van der Waals surface area contributed by atoms with E-state index in [2.05, 4.69) is 22.0 Å². The van der Waals surface area contributed by atoms with Crippen LogP contribution in [0.15, 0.2) is 0 Å². The Kier molecular flexibility index (Phi) is 5.24. The molecule has 0 amide bonds. The predicted octanol–water partition coefficient (Wildman–Crippen LogP) is -3.14. The zero-order valence-electron chi connectivity index (χ0n) is 10.7. The van der Waals surface area contributed by atoms with Crippen LogP contribution in [0.2, 0.25) is 0 Å². The summed E-state index contributed by atoms with van der Waals surface area (Å²) < 4.78 is 16.1. The molecule has 0 aliphatic carbocycles. The van der Waals surface area contributed by atoms with Gasteiger partial charge in [-0.25, -0.2) is 0 Å². The number of ether oxygens (including phenoxy) is 3. The Morgan fingerprint density at radius 3 is 1.94 bits per heavy atom. The van der Waals surface area contributed by atoms with Gasteiger partial charge < -0.3 is 31.2 Å². The lowest BCUT2D eigenvalue weighted by atomic mass is 10.4. The number of likely N-dealkylation sites (N-methyl/N-ethyl adjacent to an activating group) is 1. The summed E-state index contributed by atoms with van der Waals surface area (Å²) >= 11 is 0. The maximum absolute atomic E-state index is 5.35. The van der Waals surface area contributed by atoms with Crippen LogP contribution in [-0.4, -0.2) is 62.5 Å². The molecule has 0 saturated carbocycles. The van der Waals surface area contributed by atoms with Crippen molar-refractivity contribution < 1.29 is 31.2 Å². The molecule has 0 bridgehead atoms. The zero-order valence-corrected chi connectivity index (χ0v) is 12.3. The number of aromatic nitrogens is 3. The highest BCUT2D eigenvalue weighted by atomic mass is 79.9. The molecule has 0 unspecified atom stereocenters. The van der Waals surface area contributed by atoms with Gasteiger partial charge in [0, 0.05) is 0 Å². The van der Waals surface area contributed by atoms with E-state index >= 15 is 0 Å². The molecule has 1 aromatic rings. The van der Waals surface area contributed by atoms with Crippen LogP contribution in [0.4, 0.5) is 5.95 Å². The molecule has 102 valence electrons. The average molecular weight is 321 g/mol. The van der Waals surface area contributed by atoms with E-state index in [-0.39, 0.29) is 29.0 Å². The average Bonchev–Trinajstić information content (AvgIpc) is 2.39. The first-order valence-corrected chi connectivity index (χ1v) is 5.45. The molecule has 1 aliphatic heterocycles. The summed E-state index contributed by atoms with van der Waals surface area (Å²) in [7, 11) is 5.12. The van der Waals surface area contributed by atoms with Gasteiger partial charge in [0.1, 0.15) is 13.1 Å². The van der Waals surface area contributed by atoms with Crippen molar-refractivity contribution in [1.29, 1.82) is 0 Å². The number of halogens is 1. The zero-order chi connectivity index (χ0) is 12.3. The summed E-state index contributed by atoms with van der Waals surface area (Å²) in [5.74, 6) is 0.650. The van der Waals surface area contributed by atoms with Crippen molar-refractivity contribution in [3.8, 4) is 12.0 Å². The van der Waals surface area contributed by atoms with E-state index in [1.807, 2.05) is 0 Å². The lowest BCUT2D eigenvalue weighted by Gasteiger charge is -2.34. The predicted molar refractivity (Wildman–Crippen MR) is 61.2 cm³/mol. The van der Waals surface area contributed by atoms with Gasteiger partial charge in [-0.05, 0) is 0 Å².